The van der Waals surface area contributed by atoms with E-state index in [4.69, 9.17) is 0 Å². The molecule has 1 heteroatoms. The Morgan fingerprint density at radius 3 is 1.89 bits per heavy atom. The van der Waals surface area contributed by atoms with Gasteiger partial charge < -0.3 is 0 Å². The summed E-state index contributed by atoms with van der Waals surface area (Å²) in [6, 6.07) is 0. The standard InChI is InChI=1S/C8H17P/c1-7-5-4-6-8(2)9(7)3/h7-8H,4-6H2,1-3H3. The van der Waals surface area contributed by atoms with E-state index in [0.717, 1.165) is 11.3 Å². The molecule has 2 atom stereocenters. The SMILES string of the molecule is CC1CCCC(C)P1C. The van der Waals surface area contributed by atoms with Crippen molar-refractivity contribution in [2.45, 2.75) is 44.4 Å². The first-order chi connectivity index (χ1) is 4.22. The Balaban J connectivity index is 2.41. The molecule has 0 aromatic heterocycles. The van der Waals surface area contributed by atoms with Crippen molar-refractivity contribution in [1.29, 1.82) is 0 Å². The first-order valence-electron chi connectivity index (χ1n) is 3.93. The van der Waals surface area contributed by atoms with E-state index in [9.17, 15) is 0 Å². The highest BCUT2D eigenvalue weighted by Crippen LogP contribution is 2.49. The van der Waals surface area contributed by atoms with Crippen molar-refractivity contribution >= 4 is 7.92 Å². The third-order valence-corrected chi connectivity index (χ3v) is 5.93. The highest BCUT2D eigenvalue weighted by molar-refractivity contribution is 7.58. The van der Waals surface area contributed by atoms with Gasteiger partial charge in [0.05, 0.1) is 0 Å². The van der Waals surface area contributed by atoms with Gasteiger partial charge in [0.25, 0.3) is 0 Å². The zero-order valence-corrected chi connectivity index (χ0v) is 7.62. The van der Waals surface area contributed by atoms with Crippen LogP contribution in [0, 0.1) is 0 Å². The van der Waals surface area contributed by atoms with Gasteiger partial charge in [0.1, 0.15) is 0 Å². The average Bonchev–Trinajstić information content (AvgIpc) is 1.83. The first kappa shape index (κ1) is 7.54. The maximum Gasteiger partial charge on any atom is -0.0238 e. The van der Waals surface area contributed by atoms with Crippen molar-refractivity contribution in [3.8, 4) is 0 Å². The zero-order valence-electron chi connectivity index (χ0n) is 6.72. The monoisotopic (exact) mass is 144 g/mol. The highest BCUT2D eigenvalue weighted by atomic mass is 31.1. The van der Waals surface area contributed by atoms with Crippen LogP contribution in [0.15, 0.2) is 0 Å². The zero-order chi connectivity index (χ0) is 6.85. The lowest BCUT2D eigenvalue weighted by Crippen LogP contribution is -2.15. The van der Waals surface area contributed by atoms with Crippen molar-refractivity contribution < 1.29 is 0 Å². The lowest BCUT2D eigenvalue weighted by atomic mass is 10.1. The lowest BCUT2D eigenvalue weighted by molar-refractivity contribution is 0.626. The van der Waals surface area contributed by atoms with Gasteiger partial charge in [-0.3, -0.25) is 0 Å². The second kappa shape index (κ2) is 3.01. The minimum Gasteiger partial charge on any atom is -0.104 e. The Hall–Kier alpha value is 0.430. The van der Waals surface area contributed by atoms with E-state index < -0.39 is 0 Å². The normalized spacial score (nSPS) is 45.0. The van der Waals surface area contributed by atoms with E-state index >= 15 is 0 Å². The maximum atomic E-state index is 2.46. The van der Waals surface area contributed by atoms with Crippen LogP contribution in [-0.4, -0.2) is 18.0 Å². The van der Waals surface area contributed by atoms with Gasteiger partial charge in [0.15, 0.2) is 0 Å². The van der Waals surface area contributed by atoms with Crippen LogP contribution in [-0.2, 0) is 0 Å². The van der Waals surface area contributed by atoms with Crippen LogP contribution in [0.4, 0.5) is 0 Å². The van der Waals surface area contributed by atoms with Crippen LogP contribution in [0.2, 0.25) is 0 Å². The molecule has 1 fully saturated rings. The molecule has 0 N–H and O–H groups in total. The third-order valence-electron chi connectivity index (χ3n) is 2.63. The molecule has 0 aromatic carbocycles. The molecule has 0 bridgehead atoms. The van der Waals surface area contributed by atoms with Crippen LogP contribution in [0.1, 0.15) is 33.1 Å². The molecule has 0 aromatic rings. The fourth-order valence-corrected chi connectivity index (χ4v) is 3.60. The smallest absolute Gasteiger partial charge is 0.0238 e. The molecule has 1 aliphatic heterocycles. The topological polar surface area (TPSA) is 0 Å². The Labute approximate surface area is 59.8 Å². The van der Waals surface area contributed by atoms with Crippen LogP contribution in [0.3, 0.4) is 0 Å². The predicted molar refractivity (Wildman–Crippen MR) is 45.6 cm³/mol. The summed E-state index contributed by atoms with van der Waals surface area (Å²) in [6.07, 6.45) is 4.47. The van der Waals surface area contributed by atoms with Gasteiger partial charge in [-0.25, -0.2) is 0 Å². The molecule has 0 saturated carbocycles. The van der Waals surface area contributed by atoms with Crippen molar-refractivity contribution in [3.05, 3.63) is 0 Å². The van der Waals surface area contributed by atoms with Crippen molar-refractivity contribution in [3.63, 3.8) is 0 Å². The largest absolute Gasteiger partial charge is 0.104 e. The van der Waals surface area contributed by atoms with Gasteiger partial charge in [-0.05, 0) is 30.8 Å². The van der Waals surface area contributed by atoms with E-state index in [2.05, 4.69) is 20.5 Å². The van der Waals surface area contributed by atoms with Crippen LogP contribution < -0.4 is 0 Å². The lowest BCUT2D eigenvalue weighted by Gasteiger charge is -2.32. The molecule has 9 heavy (non-hydrogen) atoms. The highest BCUT2D eigenvalue weighted by Gasteiger charge is 2.22. The van der Waals surface area contributed by atoms with E-state index in [0.29, 0.717) is 7.92 Å². The van der Waals surface area contributed by atoms with Gasteiger partial charge in [-0.2, -0.15) is 0 Å². The summed E-state index contributed by atoms with van der Waals surface area (Å²) in [5, 5.41) is 0. The molecule has 1 heterocycles. The van der Waals surface area contributed by atoms with Crippen molar-refractivity contribution in [2.24, 2.45) is 0 Å². The average molecular weight is 144 g/mol. The Morgan fingerprint density at radius 2 is 1.56 bits per heavy atom. The first-order valence-corrected chi connectivity index (χ1v) is 5.86. The van der Waals surface area contributed by atoms with Crippen LogP contribution in [0.25, 0.3) is 0 Å². The van der Waals surface area contributed by atoms with E-state index in [1.165, 1.54) is 19.3 Å². The van der Waals surface area contributed by atoms with E-state index in [1.807, 2.05) is 0 Å². The second-order valence-corrected chi connectivity index (χ2v) is 6.39. The van der Waals surface area contributed by atoms with Gasteiger partial charge in [-0.15, -0.1) is 7.92 Å². The molecule has 0 aliphatic carbocycles. The minimum atomic E-state index is 0.386. The molecule has 1 rings (SSSR count). The summed E-state index contributed by atoms with van der Waals surface area (Å²) in [6.45, 7) is 7.30. The molecule has 2 unspecified atom stereocenters. The molecule has 0 spiro atoms. The van der Waals surface area contributed by atoms with Crippen molar-refractivity contribution in [2.75, 3.05) is 6.66 Å². The molecular weight excluding hydrogens is 127 g/mol. The summed E-state index contributed by atoms with van der Waals surface area (Å²) < 4.78 is 0. The fourth-order valence-electron chi connectivity index (χ4n) is 1.55. The van der Waals surface area contributed by atoms with Crippen molar-refractivity contribution in [1.82, 2.24) is 0 Å². The number of rotatable bonds is 0. The van der Waals surface area contributed by atoms with Gasteiger partial charge in [0.2, 0.25) is 0 Å². The predicted octanol–water partition coefficient (Wildman–Crippen LogP) is 3.06. The summed E-state index contributed by atoms with van der Waals surface area (Å²) in [5.41, 5.74) is 2.09. The van der Waals surface area contributed by atoms with Gasteiger partial charge in [-0.1, -0.05) is 20.3 Å². The van der Waals surface area contributed by atoms with Crippen LogP contribution in [0.5, 0.6) is 0 Å². The Morgan fingerprint density at radius 1 is 1.11 bits per heavy atom. The summed E-state index contributed by atoms with van der Waals surface area (Å²) in [5.74, 6) is 0. The van der Waals surface area contributed by atoms with Gasteiger partial charge >= 0.3 is 0 Å². The third kappa shape index (κ3) is 1.67. The van der Waals surface area contributed by atoms with Crippen LogP contribution >= 0.6 is 7.92 Å². The quantitative estimate of drug-likeness (QED) is 0.458. The van der Waals surface area contributed by atoms with E-state index in [1.54, 1.807) is 0 Å². The molecular formula is C8H17P. The Kier molecular flexibility index (Phi) is 2.52. The Bertz CT molecular complexity index is 80.6. The van der Waals surface area contributed by atoms with E-state index in [-0.39, 0.29) is 0 Å². The summed E-state index contributed by atoms with van der Waals surface area (Å²) in [7, 11) is 0.386. The fraction of sp³-hybridized carbons (Fsp3) is 1.00. The molecule has 1 saturated heterocycles. The minimum absolute atomic E-state index is 0.386. The number of hydrogen-bond acceptors (Lipinski definition) is 0. The number of hydrogen-bond donors (Lipinski definition) is 0. The summed E-state index contributed by atoms with van der Waals surface area (Å²) >= 11 is 0. The molecule has 1 aliphatic rings. The summed E-state index contributed by atoms with van der Waals surface area (Å²) in [4.78, 5) is 0. The van der Waals surface area contributed by atoms with Gasteiger partial charge in [0, 0.05) is 0 Å². The molecule has 0 nitrogen and oxygen atoms in total. The molecule has 54 valence electrons. The molecule has 0 radical (unpaired) electrons. The maximum absolute atomic E-state index is 2.46. The molecule has 0 amide bonds. The second-order valence-electron chi connectivity index (χ2n) is 3.29.